The molecule has 0 aliphatic heterocycles. The Morgan fingerprint density at radius 3 is 2.00 bits per heavy atom. The van der Waals surface area contributed by atoms with E-state index in [-0.39, 0.29) is 6.61 Å². The number of aliphatic hydroxyl groups excluding tert-OH is 6. The van der Waals surface area contributed by atoms with Gasteiger partial charge in [-0.1, -0.05) is 0 Å². The average Bonchev–Trinajstić information content (AvgIpc) is 2.23. The Hall–Kier alpha value is -0.570. The fraction of sp³-hybridized carbons (Fsp3) is 0.714. The van der Waals surface area contributed by atoms with Gasteiger partial charge in [-0.05, 0) is 0 Å². The fourth-order valence-electron chi connectivity index (χ4n) is 0.767. The van der Waals surface area contributed by atoms with E-state index in [1.807, 2.05) is 0 Å². The molecule has 0 unspecified atom stereocenters. The third-order valence-electron chi connectivity index (χ3n) is 1.67. The molecule has 0 aliphatic carbocycles. The van der Waals surface area contributed by atoms with Gasteiger partial charge in [-0.3, -0.25) is 4.79 Å². The van der Waals surface area contributed by atoms with Gasteiger partial charge in [-0.2, -0.15) is 0 Å². The van der Waals surface area contributed by atoms with Crippen molar-refractivity contribution in [2.24, 2.45) is 0 Å². The van der Waals surface area contributed by atoms with Crippen LogP contribution >= 0.6 is 0 Å². The first-order valence-corrected chi connectivity index (χ1v) is 3.80. The number of hydrogen-bond donors (Lipinski definition) is 6. The second-order valence-corrected chi connectivity index (χ2v) is 2.71. The van der Waals surface area contributed by atoms with Gasteiger partial charge in [0.2, 0.25) is 0 Å². The van der Waals surface area contributed by atoms with Gasteiger partial charge in [0.15, 0.2) is 5.78 Å². The maximum absolute atomic E-state index is 10.6. The van der Waals surface area contributed by atoms with E-state index in [0.717, 1.165) is 0 Å². The maximum Gasteiger partial charge on any atom is 0.195 e. The molecule has 83 valence electrons. The maximum atomic E-state index is 10.6. The lowest BCUT2D eigenvalue weighted by Crippen LogP contribution is -2.48. The Kier molecular flexibility index (Phi) is 5.77. The van der Waals surface area contributed by atoms with Crippen LogP contribution < -0.4 is 0 Å². The van der Waals surface area contributed by atoms with E-state index in [9.17, 15) is 4.79 Å². The Bertz CT molecular complexity index is 183. The molecular formula is C7H13O7. The van der Waals surface area contributed by atoms with Crippen molar-refractivity contribution < 1.29 is 35.4 Å². The van der Waals surface area contributed by atoms with Crippen LogP contribution in [0.5, 0.6) is 0 Å². The quantitative estimate of drug-likeness (QED) is 0.267. The summed E-state index contributed by atoms with van der Waals surface area (Å²) in [5.41, 5.74) is 0. The van der Waals surface area contributed by atoms with Crippen LogP contribution in [0.15, 0.2) is 0 Å². The van der Waals surface area contributed by atoms with E-state index in [2.05, 4.69) is 0 Å². The molecule has 7 heteroatoms. The molecule has 0 saturated heterocycles. The standard InChI is InChI=1S/C7H13O7/c8-1-3(10)5(12)7(14)6(13)4(11)2-9/h1,4-9,11-14H,2H2/t4-,5+,6-,7-/m1/s1. The molecule has 0 fully saturated rings. The van der Waals surface area contributed by atoms with Gasteiger partial charge in [0.05, 0.1) is 6.61 Å². The van der Waals surface area contributed by atoms with E-state index in [4.69, 9.17) is 30.6 Å². The second kappa shape index (κ2) is 6.02. The first-order chi connectivity index (χ1) is 6.45. The lowest BCUT2D eigenvalue weighted by molar-refractivity contribution is -0.146. The zero-order valence-electron chi connectivity index (χ0n) is 7.19. The van der Waals surface area contributed by atoms with Crippen LogP contribution in [0.4, 0.5) is 0 Å². The number of Topliss-reactive ketones (excluding diaryl/α,β-unsaturated/α-hetero) is 1. The van der Waals surface area contributed by atoms with Crippen LogP contribution in [-0.4, -0.2) is 67.4 Å². The summed E-state index contributed by atoms with van der Waals surface area (Å²) in [6.07, 6.45) is -7.57. The lowest BCUT2D eigenvalue weighted by Gasteiger charge is -2.24. The van der Waals surface area contributed by atoms with E-state index < -0.39 is 36.8 Å². The molecule has 14 heavy (non-hydrogen) atoms. The van der Waals surface area contributed by atoms with Crippen LogP contribution in [0.1, 0.15) is 0 Å². The number of carbonyl (C=O) groups excluding carboxylic acids is 1. The van der Waals surface area contributed by atoms with Gasteiger partial charge in [0.25, 0.3) is 0 Å². The summed E-state index contributed by atoms with van der Waals surface area (Å²) >= 11 is 0. The van der Waals surface area contributed by atoms with E-state index in [0.29, 0.717) is 0 Å². The zero-order valence-corrected chi connectivity index (χ0v) is 7.19. The predicted molar refractivity (Wildman–Crippen MR) is 42.4 cm³/mol. The molecule has 0 rings (SSSR count). The topological polar surface area (TPSA) is 138 Å². The minimum atomic E-state index is -2.05. The molecule has 1 radical (unpaired) electrons. The highest BCUT2D eigenvalue weighted by Gasteiger charge is 2.33. The summed E-state index contributed by atoms with van der Waals surface area (Å²) in [6.45, 7) is -0.798. The van der Waals surface area contributed by atoms with E-state index in [1.165, 1.54) is 0 Å². The fourth-order valence-corrected chi connectivity index (χ4v) is 0.767. The molecule has 7 nitrogen and oxygen atoms in total. The summed E-state index contributed by atoms with van der Waals surface area (Å²) in [7, 11) is 0. The summed E-state index contributed by atoms with van der Waals surface area (Å²) in [5.74, 6) is -1.21. The van der Waals surface area contributed by atoms with Crippen LogP contribution in [0.2, 0.25) is 0 Å². The van der Waals surface area contributed by atoms with E-state index >= 15 is 0 Å². The first kappa shape index (κ1) is 13.4. The van der Waals surface area contributed by atoms with Crippen LogP contribution in [0.25, 0.3) is 0 Å². The Morgan fingerprint density at radius 2 is 1.64 bits per heavy atom. The third-order valence-corrected chi connectivity index (χ3v) is 1.67. The van der Waals surface area contributed by atoms with Crippen molar-refractivity contribution in [3.8, 4) is 0 Å². The molecule has 0 aliphatic rings. The molecule has 0 amide bonds. The predicted octanol–water partition coefficient (Wildman–Crippen LogP) is -3.47. The normalized spacial score (nSPS) is 19.9. The SMILES string of the molecule is O=C([CH]O)[C@H](O)[C@@H](O)[C@H](O)[C@H](O)CO. The smallest absolute Gasteiger partial charge is 0.195 e. The van der Waals surface area contributed by atoms with E-state index in [1.54, 1.807) is 0 Å². The highest BCUT2D eigenvalue weighted by atomic mass is 16.4. The first-order valence-electron chi connectivity index (χ1n) is 3.80. The van der Waals surface area contributed by atoms with Crippen LogP contribution in [0, 0.1) is 6.61 Å². The summed E-state index contributed by atoms with van der Waals surface area (Å²) < 4.78 is 0. The van der Waals surface area contributed by atoms with Gasteiger partial charge in [-0.15, -0.1) is 0 Å². The number of aliphatic hydroxyl groups is 6. The number of rotatable bonds is 6. The molecule has 0 spiro atoms. The summed E-state index contributed by atoms with van der Waals surface area (Å²) in [5, 5.41) is 52.5. The van der Waals surface area contributed by atoms with Gasteiger partial charge >= 0.3 is 0 Å². The molecule has 0 heterocycles. The molecular weight excluding hydrogens is 196 g/mol. The van der Waals surface area contributed by atoms with Crippen LogP contribution in [-0.2, 0) is 4.79 Å². The average molecular weight is 209 g/mol. The molecule has 0 aromatic rings. The zero-order chi connectivity index (χ0) is 11.3. The van der Waals surface area contributed by atoms with Gasteiger partial charge in [0, 0.05) is 0 Å². The van der Waals surface area contributed by atoms with Gasteiger partial charge < -0.3 is 30.6 Å². The molecule has 0 saturated carbocycles. The second-order valence-electron chi connectivity index (χ2n) is 2.71. The third kappa shape index (κ3) is 3.29. The van der Waals surface area contributed by atoms with Crippen molar-refractivity contribution in [1.29, 1.82) is 0 Å². The Morgan fingerprint density at radius 1 is 1.14 bits per heavy atom. The molecule has 0 bridgehead atoms. The van der Waals surface area contributed by atoms with Gasteiger partial charge in [0.1, 0.15) is 31.0 Å². The monoisotopic (exact) mass is 209 g/mol. The largest absolute Gasteiger partial charge is 0.394 e. The summed E-state index contributed by atoms with van der Waals surface area (Å²) in [4.78, 5) is 10.6. The lowest BCUT2D eigenvalue weighted by atomic mass is 10.0. The number of hydrogen-bond acceptors (Lipinski definition) is 7. The molecule has 4 atom stereocenters. The van der Waals surface area contributed by atoms with Crippen molar-refractivity contribution >= 4 is 5.78 Å². The number of carbonyl (C=O) groups is 1. The van der Waals surface area contributed by atoms with Crippen molar-refractivity contribution in [1.82, 2.24) is 0 Å². The van der Waals surface area contributed by atoms with Crippen molar-refractivity contribution in [2.75, 3.05) is 6.61 Å². The Labute approximate surface area is 79.9 Å². The minimum absolute atomic E-state index is 0.0337. The highest BCUT2D eigenvalue weighted by molar-refractivity contribution is 5.89. The Balaban J connectivity index is 4.30. The highest BCUT2D eigenvalue weighted by Crippen LogP contribution is 2.06. The minimum Gasteiger partial charge on any atom is -0.394 e. The summed E-state index contributed by atoms with van der Waals surface area (Å²) in [6, 6.07) is 0. The van der Waals surface area contributed by atoms with Crippen LogP contribution in [0.3, 0.4) is 0 Å². The molecule has 6 N–H and O–H groups in total. The molecule has 0 aromatic carbocycles. The van der Waals surface area contributed by atoms with Gasteiger partial charge in [-0.25, -0.2) is 0 Å². The van der Waals surface area contributed by atoms with Crippen molar-refractivity contribution in [3.63, 3.8) is 0 Å². The molecule has 0 aromatic heterocycles. The van der Waals surface area contributed by atoms with Crippen molar-refractivity contribution in [2.45, 2.75) is 24.4 Å². The number of ketones is 1. The van der Waals surface area contributed by atoms with Crippen molar-refractivity contribution in [3.05, 3.63) is 6.61 Å².